The van der Waals surface area contributed by atoms with E-state index >= 15 is 0 Å². The third kappa shape index (κ3) is 2.99. The number of H-pyrrole nitrogens is 1. The number of aromatic nitrogens is 4. The van der Waals surface area contributed by atoms with Crippen LogP contribution in [0.4, 0.5) is 0 Å². The standard InChI is InChI=1S/C19H21N5O/c1-11-8-12(2)21-18(20-11)15-6-7-24(10-15)19(25)14-4-5-16-17(9-14)23-13(3)22-16/h4-5,8-9,15H,6-7,10H2,1-3H3,(H,22,23)/t15-/m0/s1. The van der Waals surface area contributed by atoms with Crippen molar-refractivity contribution in [3.05, 3.63) is 52.9 Å². The van der Waals surface area contributed by atoms with E-state index in [4.69, 9.17) is 0 Å². The molecule has 1 aliphatic rings. The molecule has 0 bridgehead atoms. The number of nitrogens with zero attached hydrogens (tertiary/aromatic N) is 4. The SMILES string of the molecule is Cc1cc(C)nc([C@H]2CCN(C(=O)c3ccc4nc(C)[nH]c4c3)C2)n1. The second-order valence-corrected chi connectivity index (χ2v) is 6.80. The Labute approximate surface area is 146 Å². The van der Waals surface area contributed by atoms with E-state index in [1.165, 1.54) is 0 Å². The Morgan fingerprint density at radius 2 is 1.88 bits per heavy atom. The van der Waals surface area contributed by atoms with Crippen molar-refractivity contribution < 1.29 is 4.79 Å². The molecule has 0 saturated carbocycles. The van der Waals surface area contributed by atoms with Gasteiger partial charge in [-0.1, -0.05) is 0 Å². The quantitative estimate of drug-likeness (QED) is 0.781. The third-order valence-corrected chi connectivity index (χ3v) is 4.69. The van der Waals surface area contributed by atoms with E-state index < -0.39 is 0 Å². The van der Waals surface area contributed by atoms with Gasteiger partial charge in [-0.25, -0.2) is 15.0 Å². The summed E-state index contributed by atoms with van der Waals surface area (Å²) in [6.45, 7) is 7.29. The highest BCUT2D eigenvalue weighted by atomic mass is 16.2. The number of aryl methyl sites for hydroxylation is 3. The number of hydrogen-bond donors (Lipinski definition) is 1. The van der Waals surface area contributed by atoms with E-state index in [2.05, 4.69) is 19.9 Å². The lowest BCUT2D eigenvalue weighted by Gasteiger charge is -2.16. The van der Waals surface area contributed by atoms with Gasteiger partial charge in [-0.2, -0.15) is 0 Å². The molecule has 1 atom stereocenters. The van der Waals surface area contributed by atoms with Crippen LogP contribution in [0, 0.1) is 20.8 Å². The number of likely N-dealkylation sites (tertiary alicyclic amines) is 1. The summed E-state index contributed by atoms with van der Waals surface area (Å²) in [7, 11) is 0. The molecule has 25 heavy (non-hydrogen) atoms. The molecule has 128 valence electrons. The van der Waals surface area contributed by atoms with E-state index in [0.29, 0.717) is 12.1 Å². The topological polar surface area (TPSA) is 74.8 Å². The van der Waals surface area contributed by atoms with Crippen molar-refractivity contribution >= 4 is 16.9 Å². The fraction of sp³-hybridized carbons (Fsp3) is 0.368. The number of fused-ring (bicyclic) bond motifs is 1. The molecule has 1 amide bonds. The number of carbonyl (C=O) groups is 1. The van der Waals surface area contributed by atoms with Crippen LogP contribution in [0.2, 0.25) is 0 Å². The normalized spacial score (nSPS) is 17.4. The number of rotatable bonds is 2. The Kier molecular flexibility index (Phi) is 3.75. The minimum absolute atomic E-state index is 0.0565. The maximum Gasteiger partial charge on any atom is 0.253 e. The highest BCUT2D eigenvalue weighted by Crippen LogP contribution is 2.27. The maximum absolute atomic E-state index is 12.9. The van der Waals surface area contributed by atoms with Gasteiger partial charge in [-0.05, 0) is 51.5 Å². The zero-order valence-corrected chi connectivity index (χ0v) is 14.7. The first-order chi connectivity index (χ1) is 12.0. The van der Waals surface area contributed by atoms with Crippen molar-refractivity contribution in [3.8, 4) is 0 Å². The summed E-state index contributed by atoms with van der Waals surface area (Å²) in [5.74, 6) is 1.97. The Morgan fingerprint density at radius 3 is 2.64 bits per heavy atom. The lowest BCUT2D eigenvalue weighted by atomic mass is 10.1. The Balaban J connectivity index is 1.54. The van der Waals surface area contributed by atoms with Gasteiger partial charge in [0.15, 0.2) is 0 Å². The first-order valence-electron chi connectivity index (χ1n) is 8.57. The molecule has 1 fully saturated rings. The van der Waals surface area contributed by atoms with Crippen LogP contribution in [0.3, 0.4) is 0 Å². The monoisotopic (exact) mass is 335 g/mol. The molecule has 0 aliphatic carbocycles. The van der Waals surface area contributed by atoms with Crippen LogP contribution in [0.1, 0.15) is 45.7 Å². The fourth-order valence-corrected chi connectivity index (χ4v) is 3.54. The first-order valence-corrected chi connectivity index (χ1v) is 8.57. The fourth-order valence-electron chi connectivity index (χ4n) is 3.54. The number of amides is 1. The van der Waals surface area contributed by atoms with E-state index in [9.17, 15) is 4.79 Å². The Bertz CT molecular complexity index is 941. The molecule has 1 aromatic carbocycles. The number of aromatic amines is 1. The molecule has 1 N–H and O–H groups in total. The van der Waals surface area contributed by atoms with Crippen molar-refractivity contribution in [3.63, 3.8) is 0 Å². The third-order valence-electron chi connectivity index (χ3n) is 4.69. The highest BCUT2D eigenvalue weighted by Gasteiger charge is 2.30. The highest BCUT2D eigenvalue weighted by molar-refractivity contribution is 5.97. The molecular weight excluding hydrogens is 314 g/mol. The molecular formula is C19H21N5O. The first kappa shape index (κ1) is 15.7. The second-order valence-electron chi connectivity index (χ2n) is 6.80. The van der Waals surface area contributed by atoms with Crippen LogP contribution in [-0.2, 0) is 0 Å². The minimum atomic E-state index is 0.0565. The summed E-state index contributed by atoms with van der Waals surface area (Å²) in [4.78, 5) is 31.5. The molecule has 4 rings (SSSR count). The molecule has 3 heterocycles. The van der Waals surface area contributed by atoms with E-state index in [1.54, 1.807) is 0 Å². The molecule has 6 nitrogen and oxygen atoms in total. The molecule has 2 aromatic heterocycles. The van der Waals surface area contributed by atoms with Gasteiger partial charge in [0, 0.05) is 36.0 Å². The van der Waals surface area contributed by atoms with Gasteiger partial charge in [0.2, 0.25) is 0 Å². The van der Waals surface area contributed by atoms with Crippen LogP contribution >= 0.6 is 0 Å². The number of benzene rings is 1. The summed E-state index contributed by atoms with van der Waals surface area (Å²) >= 11 is 0. The lowest BCUT2D eigenvalue weighted by Crippen LogP contribution is -2.28. The number of nitrogens with one attached hydrogen (secondary N) is 1. The summed E-state index contributed by atoms with van der Waals surface area (Å²) in [6, 6.07) is 7.61. The lowest BCUT2D eigenvalue weighted by molar-refractivity contribution is 0.0790. The Hall–Kier alpha value is -2.76. The van der Waals surface area contributed by atoms with Gasteiger partial charge in [0.05, 0.1) is 11.0 Å². The summed E-state index contributed by atoms with van der Waals surface area (Å²) < 4.78 is 0. The van der Waals surface area contributed by atoms with Crippen LogP contribution in [0.15, 0.2) is 24.3 Å². The Morgan fingerprint density at radius 1 is 1.12 bits per heavy atom. The maximum atomic E-state index is 12.9. The zero-order chi connectivity index (χ0) is 17.6. The molecule has 0 unspecified atom stereocenters. The zero-order valence-electron chi connectivity index (χ0n) is 14.7. The number of carbonyl (C=O) groups excluding carboxylic acids is 1. The molecule has 0 radical (unpaired) electrons. The van der Waals surface area contributed by atoms with E-state index in [-0.39, 0.29) is 11.8 Å². The van der Waals surface area contributed by atoms with Crippen molar-refractivity contribution in [1.82, 2.24) is 24.8 Å². The van der Waals surface area contributed by atoms with Gasteiger partial charge in [0.1, 0.15) is 11.6 Å². The average molecular weight is 335 g/mol. The van der Waals surface area contributed by atoms with E-state index in [1.807, 2.05) is 49.9 Å². The van der Waals surface area contributed by atoms with Crippen LogP contribution in [-0.4, -0.2) is 43.8 Å². The summed E-state index contributed by atoms with van der Waals surface area (Å²) in [5, 5.41) is 0. The van der Waals surface area contributed by atoms with Gasteiger partial charge < -0.3 is 9.88 Å². The summed E-state index contributed by atoms with van der Waals surface area (Å²) in [5.41, 5.74) is 4.44. The van der Waals surface area contributed by atoms with Gasteiger partial charge in [-0.3, -0.25) is 4.79 Å². The predicted octanol–water partition coefficient (Wildman–Crippen LogP) is 2.91. The van der Waals surface area contributed by atoms with Crippen LogP contribution in [0.5, 0.6) is 0 Å². The van der Waals surface area contributed by atoms with Gasteiger partial charge in [-0.15, -0.1) is 0 Å². The minimum Gasteiger partial charge on any atom is -0.342 e. The van der Waals surface area contributed by atoms with Crippen molar-refractivity contribution in [2.24, 2.45) is 0 Å². The average Bonchev–Trinajstić information content (AvgIpc) is 3.18. The van der Waals surface area contributed by atoms with Crippen molar-refractivity contribution in [2.45, 2.75) is 33.1 Å². The van der Waals surface area contributed by atoms with E-state index in [0.717, 1.165) is 47.0 Å². The molecule has 0 spiro atoms. The van der Waals surface area contributed by atoms with Crippen LogP contribution in [0.25, 0.3) is 11.0 Å². The number of hydrogen-bond acceptors (Lipinski definition) is 4. The molecule has 1 saturated heterocycles. The van der Waals surface area contributed by atoms with Crippen LogP contribution < -0.4 is 0 Å². The van der Waals surface area contributed by atoms with Gasteiger partial charge in [0.25, 0.3) is 5.91 Å². The largest absolute Gasteiger partial charge is 0.342 e. The molecule has 6 heteroatoms. The molecule has 1 aliphatic heterocycles. The van der Waals surface area contributed by atoms with Crippen molar-refractivity contribution in [2.75, 3.05) is 13.1 Å². The second kappa shape index (κ2) is 5.95. The van der Waals surface area contributed by atoms with Crippen molar-refractivity contribution in [1.29, 1.82) is 0 Å². The predicted molar refractivity (Wildman–Crippen MR) is 95.6 cm³/mol. The number of imidazole rings is 1. The summed E-state index contributed by atoms with van der Waals surface area (Å²) in [6.07, 6.45) is 0.903. The smallest absolute Gasteiger partial charge is 0.253 e. The van der Waals surface area contributed by atoms with Gasteiger partial charge >= 0.3 is 0 Å². The molecule has 3 aromatic rings.